The zero-order valence-electron chi connectivity index (χ0n) is 39.0. The zero-order valence-corrected chi connectivity index (χ0v) is 40.6. The molecule has 0 bridgehead atoms. The van der Waals surface area contributed by atoms with Crippen molar-refractivity contribution in [1.82, 2.24) is 24.6 Å². The summed E-state index contributed by atoms with van der Waals surface area (Å²) in [6.45, 7) is 4.09. The Balaban J connectivity index is 0.755. The number of piperidine rings is 1. The van der Waals surface area contributed by atoms with E-state index in [4.69, 9.17) is 14.2 Å². The first-order valence-electron chi connectivity index (χ1n) is 24.6. The van der Waals surface area contributed by atoms with Crippen molar-refractivity contribution in [3.05, 3.63) is 106 Å². The molecule has 20 heteroatoms. The van der Waals surface area contributed by atoms with E-state index in [1.807, 2.05) is 6.07 Å². The van der Waals surface area contributed by atoms with Gasteiger partial charge in [-0.3, -0.25) is 19.8 Å². The molecule has 4 aliphatic heterocycles. The summed E-state index contributed by atoms with van der Waals surface area (Å²) in [5.74, 6) is 0.886. The summed E-state index contributed by atoms with van der Waals surface area (Å²) >= 11 is 0. The van der Waals surface area contributed by atoms with E-state index in [0.29, 0.717) is 66.5 Å². The van der Waals surface area contributed by atoms with Crippen LogP contribution in [0.1, 0.15) is 97.7 Å². The van der Waals surface area contributed by atoms with Crippen molar-refractivity contribution in [3.63, 3.8) is 0 Å². The summed E-state index contributed by atoms with van der Waals surface area (Å²) < 4.78 is 64.9. The van der Waals surface area contributed by atoms with Crippen LogP contribution in [0.25, 0.3) is 11.0 Å². The van der Waals surface area contributed by atoms with E-state index in [2.05, 4.69) is 63.4 Å². The van der Waals surface area contributed by atoms with Crippen molar-refractivity contribution >= 4 is 53.9 Å². The molecule has 1 spiro atoms. The molecule has 3 atom stereocenters. The maximum atomic E-state index is 14.0. The maximum absolute atomic E-state index is 14.0. The average molecular weight is 994 g/mol. The van der Waals surface area contributed by atoms with Crippen LogP contribution in [0, 0.1) is 15.5 Å². The molecule has 4 saturated heterocycles. The van der Waals surface area contributed by atoms with E-state index in [1.165, 1.54) is 44.7 Å². The lowest BCUT2D eigenvalue weighted by Crippen LogP contribution is -2.54. The maximum Gasteiger partial charge on any atom is 0.312 e. The zero-order chi connectivity index (χ0) is 48.0. The number of nitrogens with one attached hydrogen (secondary N) is 3. The normalized spacial score (nSPS) is 23.7. The van der Waals surface area contributed by atoms with E-state index < -0.39 is 41.2 Å². The van der Waals surface area contributed by atoms with E-state index in [1.54, 1.807) is 41.6 Å². The van der Waals surface area contributed by atoms with Gasteiger partial charge in [0.05, 0.1) is 76.1 Å². The summed E-state index contributed by atoms with van der Waals surface area (Å²) in [4.78, 5) is 41.7. The first-order valence-corrected chi connectivity index (χ1v) is 27.9. The van der Waals surface area contributed by atoms with Crippen molar-refractivity contribution in [1.29, 1.82) is 0 Å². The highest BCUT2D eigenvalue weighted by molar-refractivity contribution is 7.93. The van der Waals surface area contributed by atoms with Crippen LogP contribution < -0.4 is 19.7 Å². The second-order valence-corrected chi connectivity index (χ2v) is 24.2. The Hall–Kier alpha value is -5.67. The number of anilines is 2. The van der Waals surface area contributed by atoms with Crippen LogP contribution >= 0.6 is 0 Å². The third kappa shape index (κ3) is 9.84. The molecule has 1 amide bonds. The Morgan fingerprint density at radius 3 is 2.53 bits per heavy atom. The van der Waals surface area contributed by atoms with Gasteiger partial charge in [0.1, 0.15) is 22.0 Å². The summed E-state index contributed by atoms with van der Waals surface area (Å²) in [6.07, 6.45) is 14.7. The van der Waals surface area contributed by atoms with Crippen molar-refractivity contribution in [2.45, 2.75) is 99.3 Å². The summed E-state index contributed by atoms with van der Waals surface area (Å²) in [5, 5.41) is 16.0. The van der Waals surface area contributed by atoms with Crippen LogP contribution in [-0.4, -0.2) is 119 Å². The lowest BCUT2D eigenvalue weighted by Gasteiger charge is -2.56. The van der Waals surface area contributed by atoms with Gasteiger partial charge in [-0.2, -0.15) is 0 Å². The third-order valence-electron chi connectivity index (χ3n) is 15.3. The second-order valence-electron chi connectivity index (χ2n) is 19.9. The number of nitro groups is 1. The standard InChI is InChI=1S/C50H59N9O9S2/c60-49(56-70(64,65)40-26-45(59(61)62)48(54-31-40)53-29-38-11-9-35(32-67-38)55-69(63)22-20-66-21-23-69)43-12-10-36(25-46(43)68-39-24-34-13-16-51-47(34)52-30-39)57-18-14-50(15-19-57)27-37(28-50)58-17-3-6-44(58)42-5-2-1-4-41(42)33-7-8-33/h1-2,4-5,10,12-13,16,24-26,30-31,33,35,37-38,44H,3,6-9,11,14-15,17-23,27-29,32H2,(H,51,52)(H,53,54)(H,56,60)/t35-,38+,44-/m1/s1. The number of hydrogen-bond acceptors (Lipinski definition) is 15. The molecular weight excluding hydrogens is 935 g/mol. The number of nitrogens with zero attached hydrogens (tertiary/aromatic N) is 6. The third-order valence-corrected chi connectivity index (χ3v) is 18.9. The first kappa shape index (κ1) is 46.7. The van der Waals surface area contributed by atoms with Gasteiger partial charge in [-0.05, 0) is 117 Å². The van der Waals surface area contributed by atoms with E-state index in [0.717, 1.165) is 61.7 Å². The largest absolute Gasteiger partial charge is 0.455 e. The fraction of sp³-hybridized carbons (Fsp3) is 0.500. The summed E-state index contributed by atoms with van der Waals surface area (Å²) in [6, 6.07) is 19.7. The van der Waals surface area contributed by atoms with Gasteiger partial charge in [0.25, 0.3) is 15.9 Å². The van der Waals surface area contributed by atoms with Gasteiger partial charge in [0.15, 0.2) is 0 Å². The number of aromatic nitrogens is 3. The number of ether oxygens (including phenoxy) is 3. The fourth-order valence-electron chi connectivity index (χ4n) is 11.3. The number of likely N-dealkylation sites (tertiary alicyclic amines) is 1. The van der Waals surface area contributed by atoms with Gasteiger partial charge >= 0.3 is 5.69 Å². The first-order chi connectivity index (χ1) is 33.9. The minimum atomic E-state index is -4.67. The topological polar surface area (TPSA) is 224 Å². The number of hydrogen-bond donors (Lipinski definition) is 3. The molecule has 2 saturated carbocycles. The van der Waals surface area contributed by atoms with Gasteiger partial charge < -0.3 is 29.4 Å². The number of rotatable bonds is 14. The number of amides is 1. The molecule has 7 heterocycles. The van der Waals surface area contributed by atoms with Gasteiger partial charge in [-0.25, -0.2) is 31.7 Å². The lowest BCUT2D eigenvalue weighted by molar-refractivity contribution is -0.384. The molecule has 70 heavy (non-hydrogen) atoms. The predicted molar refractivity (Wildman–Crippen MR) is 265 cm³/mol. The Morgan fingerprint density at radius 1 is 0.971 bits per heavy atom. The van der Waals surface area contributed by atoms with Gasteiger partial charge in [-0.1, -0.05) is 24.3 Å². The number of benzene rings is 2. The van der Waals surface area contributed by atoms with Crippen LogP contribution in [0.3, 0.4) is 0 Å². The van der Waals surface area contributed by atoms with Crippen molar-refractivity contribution in [3.8, 4) is 11.5 Å². The van der Waals surface area contributed by atoms with E-state index in [-0.39, 0.29) is 42.4 Å². The summed E-state index contributed by atoms with van der Waals surface area (Å²) in [5.41, 5.74) is 4.27. The number of aromatic amines is 1. The molecule has 6 aliphatic rings. The van der Waals surface area contributed by atoms with Crippen LogP contribution in [0.4, 0.5) is 17.2 Å². The molecular formula is C50H59N9O9S2. The molecule has 5 aromatic rings. The molecule has 11 rings (SSSR count). The average Bonchev–Trinajstić information content (AvgIpc) is 3.90. The highest BCUT2D eigenvalue weighted by Crippen LogP contribution is 2.55. The predicted octanol–water partition coefficient (Wildman–Crippen LogP) is 7.70. The Labute approximate surface area is 407 Å². The summed E-state index contributed by atoms with van der Waals surface area (Å²) in [7, 11) is -7.00. The van der Waals surface area contributed by atoms with E-state index in [9.17, 15) is 27.5 Å². The minimum absolute atomic E-state index is 0.0527. The Bertz CT molecular complexity index is 3010. The smallest absolute Gasteiger partial charge is 0.312 e. The molecule has 0 radical (unpaired) electrons. The minimum Gasteiger partial charge on any atom is -0.455 e. The fourth-order valence-corrected chi connectivity index (χ4v) is 14.2. The molecule has 0 unspecified atom stereocenters. The van der Waals surface area contributed by atoms with Crippen molar-refractivity contribution < 1.29 is 36.6 Å². The molecule has 2 aromatic carbocycles. The van der Waals surface area contributed by atoms with Gasteiger partial charge in [0.2, 0.25) is 5.82 Å². The molecule has 6 fully saturated rings. The molecule has 2 aliphatic carbocycles. The number of carbonyl (C=O) groups is 1. The number of carbonyl (C=O) groups excluding carboxylic acids is 1. The number of H-pyrrole nitrogens is 1. The van der Waals surface area contributed by atoms with Crippen LogP contribution in [0.2, 0.25) is 0 Å². The molecule has 3 aromatic heterocycles. The van der Waals surface area contributed by atoms with E-state index >= 15 is 0 Å². The highest BCUT2D eigenvalue weighted by Gasteiger charge is 2.50. The van der Waals surface area contributed by atoms with Crippen molar-refractivity contribution in [2.24, 2.45) is 9.78 Å². The number of sulfonamides is 1. The molecule has 3 N–H and O–H groups in total. The SMILES string of the molecule is O=C(NS(=O)(=O)c1cnc(NC[C@@H]2CC[C@@H](N=S3(=O)CCOCC3)CO2)c([N+](=O)[O-])c1)c1ccc(N2CCC3(CC2)CC(N2CCC[C@@H]2c2ccccc2C2CC2)C3)cc1Oc1cnc2[nH]ccc2c1. The number of pyridine rings is 2. The Kier molecular flexibility index (Phi) is 12.8. The molecule has 370 valence electrons. The second kappa shape index (κ2) is 19.2. The highest BCUT2D eigenvalue weighted by atomic mass is 32.2. The van der Waals surface area contributed by atoms with Gasteiger partial charge in [-0.15, -0.1) is 0 Å². The van der Waals surface area contributed by atoms with Gasteiger partial charge in [0, 0.05) is 61.1 Å². The van der Waals surface area contributed by atoms with Crippen LogP contribution in [0.5, 0.6) is 11.5 Å². The Morgan fingerprint density at radius 2 is 1.77 bits per heavy atom. The number of fused-ring (bicyclic) bond motifs is 1. The monoisotopic (exact) mass is 993 g/mol. The molecule has 18 nitrogen and oxygen atoms in total. The van der Waals surface area contributed by atoms with Crippen LogP contribution in [0.15, 0.2) is 88.5 Å². The van der Waals surface area contributed by atoms with Crippen molar-refractivity contribution in [2.75, 3.05) is 67.7 Å². The van der Waals surface area contributed by atoms with Crippen LogP contribution in [-0.2, 0) is 29.2 Å². The lowest BCUT2D eigenvalue weighted by atomic mass is 9.59. The quantitative estimate of drug-likeness (QED) is 0.0717.